The van der Waals surface area contributed by atoms with Crippen molar-refractivity contribution in [2.24, 2.45) is 0 Å². The minimum absolute atomic E-state index is 0.0144. The van der Waals surface area contributed by atoms with Gasteiger partial charge in [0.15, 0.2) is 5.78 Å². The highest BCUT2D eigenvalue weighted by molar-refractivity contribution is 5.93. The van der Waals surface area contributed by atoms with Crippen molar-refractivity contribution in [3.63, 3.8) is 0 Å². The summed E-state index contributed by atoms with van der Waals surface area (Å²) in [4.78, 5) is 19.4. The molecular weight excluding hydrogens is 192 g/mol. The fraction of sp³-hybridized carbons (Fsp3) is 0.182. The van der Waals surface area contributed by atoms with Gasteiger partial charge in [-0.1, -0.05) is 0 Å². The molecule has 0 N–H and O–H groups in total. The predicted molar refractivity (Wildman–Crippen MR) is 53.4 cm³/mol. The third-order valence-corrected chi connectivity index (χ3v) is 2.03. The average molecular weight is 202 g/mol. The number of Topliss-reactive ketones (excluding diaryl/α,β-unsaturated/α-hetero) is 1. The molecule has 2 rings (SSSR count). The van der Waals surface area contributed by atoms with E-state index in [0.717, 1.165) is 5.76 Å². The van der Waals surface area contributed by atoms with Crippen LogP contribution in [0.2, 0.25) is 0 Å². The van der Waals surface area contributed by atoms with Gasteiger partial charge in [0, 0.05) is 25.2 Å². The van der Waals surface area contributed by atoms with Gasteiger partial charge in [-0.05, 0) is 12.1 Å². The second-order valence-electron chi connectivity index (χ2n) is 3.09. The van der Waals surface area contributed by atoms with E-state index in [9.17, 15) is 4.79 Å². The third kappa shape index (κ3) is 2.49. The van der Waals surface area contributed by atoms with Gasteiger partial charge in [-0.15, -0.1) is 0 Å². The number of hydrogen-bond acceptors (Lipinski definition) is 4. The first kappa shape index (κ1) is 9.58. The Bertz CT molecular complexity index is 423. The maximum atomic E-state index is 11.6. The molecule has 0 unspecified atom stereocenters. The van der Waals surface area contributed by atoms with Crippen LogP contribution in [0.5, 0.6) is 0 Å². The Hall–Kier alpha value is -1.97. The van der Waals surface area contributed by atoms with E-state index >= 15 is 0 Å². The zero-order valence-electron chi connectivity index (χ0n) is 8.09. The predicted octanol–water partition coefficient (Wildman–Crippen LogP) is 1.89. The Morgan fingerprint density at radius 1 is 1.40 bits per heavy atom. The van der Waals surface area contributed by atoms with Gasteiger partial charge in [-0.2, -0.15) is 0 Å². The quantitative estimate of drug-likeness (QED) is 0.710. The summed E-state index contributed by atoms with van der Waals surface area (Å²) in [6.45, 7) is 0. The molecule has 0 atom stereocenters. The van der Waals surface area contributed by atoms with Crippen molar-refractivity contribution in [2.75, 3.05) is 0 Å². The maximum Gasteiger partial charge on any atom is 0.183 e. The second kappa shape index (κ2) is 4.50. The van der Waals surface area contributed by atoms with Gasteiger partial charge in [-0.3, -0.25) is 9.78 Å². The van der Waals surface area contributed by atoms with Crippen molar-refractivity contribution >= 4 is 5.78 Å². The van der Waals surface area contributed by atoms with Crippen LogP contribution in [-0.2, 0) is 6.42 Å². The first-order valence-corrected chi connectivity index (χ1v) is 4.68. The summed E-state index contributed by atoms with van der Waals surface area (Å²) in [5.74, 6) is 0.798. The number of rotatable bonds is 4. The highest BCUT2D eigenvalue weighted by Crippen LogP contribution is 2.06. The number of aromatic nitrogens is 2. The summed E-state index contributed by atoms with van der Waals surface area (Å²) in [6.07, 6.45) is 7.13. The largest absolute Gasteiger partial charge is 0.469 e. The fourth-order valence-corrected chi connectivity index (χ4v) is 1.26. The molecule has 0 aromatic carbocycles. The first-order valence-electron chi connectivity index (χ1n) is 4.68. The van der Waals surface area contributed by atoms with Crippen molar-refractivity contribution in [1.29, 1.82) is 0 Å². The molecule has 2 aromatic heterocycles. The molecule has 0 bridgehead atoms. The number of hydrogen-bond donors (Lipinski definition) is 0. The molecule has 0 amide bonds. The van der Waals surface area contributed by atoms with E-state index in [0.29, 0.717) is 18.5 Å². The van der Waals surface area contributed by atoms with Crippen molar-refractivity contribution in [3.8, 4) is 0 Å². The van der Waals surface area contributed by atoms with Crippen molar-refractivity contribution in [1.82, 2.24) is 9.97 Å². The lowest BCUT2D eigenvalue weighted by Gasteiger charge is -1.97. The molecule has 2 heterocycles. The van der Waals surface area contributed by atoms with Crippen LogP contribution < -0.4 is 0 Å². The lowest BCUT2D eigenvalue weighted by atomic mass is 10.1. The van der Waals surface area contributed by atoms with E-state index in [2.05, 4.69) is 9.97 Å². The van der Waals surface area contributed by atoms with Gasteiger partial charge >= 0.3 is 0 Å². The van der Waals surface area contributed by atoms with E-state index < -0.39 is 0 Å². The van der Waals surface area contributed by atoms with Gasteiger partial charge in [-0.25, -0.2) is 4.98 Å². The van der Waals surface area contributed by atoms with Crippen molar-refractivity contribution in [3.05, 3.63) is 48.4 Å². The smallest absolute Gasteiger partial charge is 0.183 e. The van der Waals surface area contributed by atoms with E-state index in [1.165, 1.54) is 12.4 Å². The second-order valence-corrected chi connectivity index (χ2v) is 3.09. The maximum absolute atomic E-state index is 11.6. The molecule has 0 aliphatic carbocycles. The highest BCUT2D eigenvalue weighted by atomic mass is 16.3. The van der Waals surface area contributed by atoms with Crippen LogP contribution in [0.3, 0.4) is 0 Å². The molecule has 0 fully saturated rings. The molecule has 0 aliphatic heterocycles. The lowest BCUT2D eigenvalue weighted by molar-refractivity contribution is 0.0975. The highest BCUT2D eigenvalue weighted by Gasteiger charge is 2.08. The molecule has 0 radical (unpaired) electrons. The normalized spacial score (nSPS) is 10.1. The Labute approximate surface area is 87.0 Å². The van der Waals surface area contributed by atoms with Crippen LogP contribution >= 0.6 is 0 Å². The van der Waals surface area contributed by atoms with Gasteiger partial charge < -0.3 is 4.42 Å². The van der Waals surface area contributed by atoms with Crippen LogP contribution in [0, 0.1) is 0 Å². The molecule has 0 saturated carbocycles. The van der Waals surface area contributed by atoms with Crippen LogP contribution in [0.4, 0.5) is 0 Å². The molecule has 4 heteroatoms. The molecule has 4 nitrogen and oxygen atoms in total. The summed E-state index contributed by atoms with van der Waals surface area (Å²) < 4.78 is 5.13. The SMILES string of the molecule is O=C(CCc1ccco1)c1cnccn1. The third-order valence-electron chi connectivity index (χ3n) is 2.03. The zero-order chi connectivity index (χ0) is 10.5. The molecule has 0 spiro atoms. The van der Waals surface area contributed by atoms with Gasteiger partial charge in [0.25, 0.3) is 0 Å². The van der Waals surface area contributed by atoms with Crippen LogP contribution in [0.1, 0.15) is 22.7 Å². The van der Waals surface area contributed by atoms with E-state index in [1.54, 1.807) is 12.5 Å². The summed E-state index contributed by atoms with van der Waals surface area (Å²) in [6, 6.07) is 3.66. The first-order chi connectivity index (χ1) is 7.36. The Balaban J connectivity index is 1.94. The minimum atomic E-state index is -0.0144. The van der Waals surface area contributed by atoms with Gasteiger partial charge in [0.2, 0.25) is 0 Å². The Morgan fingerprint density at radius 3 is 3.00 bits per heavy atom. The summed E-state index contributed by atoms with van der Waals surface area (Å²) in [7, 11) is 0. The molecule has 0 saturated heterocycles. The fourth-order valence-electron chi connectivity index (χ4n) is 1.26. The standard InChI is InChI=1S/C11H10N2O2/c14-11(10-8-12-5-6-13-10)4-3-9-2-1-7-15-9/h1-2,5-8H,3-4H2. The van der Waals surface area contributed by atoms with E-state index in [4.69, 9.17) is 4.42 Å². The van der Waals surface area contributed by atoms with Crippen LogP contribution in [-0.4, -0.2) is 15.8 Å². The summed E-state index contributed by atoms with van der Waals surface area (Å²) in [5, 5.41) is 0. The number of furan rings is 1. The van der Waals surface area contributed by atoms with Crippen LogP contribution in [0.25, 0.3) is 0 Å². The number of aryl methyl sites for hydroxylation is 1. The topological polar surface area (TPSA) is 56.0 Å². The molecule has 0 aliphatic rings. The number of nitrogens with zero attached hydrogens (tertiary/aromatic N) is 2. The molecule has 76 valence electrons. The molecule has 2 aromatic rings. The van der Waals surface area contributed by atoms with Crippen molar-refractivity contribution in [2.45, 2.75) is 12.8 Å². The zero-order valence-corrected chi connectivity index (χ0v) is 8.09. The molecule has 15 heavy (non-hydrogen) atoms. The summed E-state index contributed by atoms with van der Waals surface area (Å²) in [5.41, 5.74) is 0.407. The van der Waals surface area contributed by atoms with E-state index in [-0.39, 0.29) is 5.78 Å². The minimum Gasteiger partial charge on any atom is -0.469 e. The number of carbonyl (C=O) groups excluding carboxylic acids is 1. The monoisotopic (exact) mass is 202 g/mol. The Morgan fingerprint density at radius 2 is 2.33 bits per heavy atom. The number of carbonyl (C=O) groups is 1. The summed E-state index contributed by atoms with van der Waals surface area (Å²) >= 11 is 0. The molecular formula is C11H10N2O2. The lowest BCUT2D eigenvalue weighted by Crippen LogP contribution is -2.03. The number of ketones is 1. The average Bonchev–Trinajstić information content (AvgIpc) is 2.80. The van der Waals surface area contributed by atoms with E-state index in [1.807, 2.05) is 12.1 Å². The van der Waals surface area contributed by atoms with Crippen LogP contribution in [0.15, 0.2) is 41.4 Å². The Kier molecular flexibility index (Phi) is 2.88. The van der Waals surface area contributed by atoms with Gasteiger partial charge in [0.05, 0.1) is 12.5 Å². The van der Waals surface area contributed by atoms with Gasteiger partial charge in [0.1, 0.15) is 11.5 Å². The van der Waals surface area contributed by atoms with Crippen molar-refractivity contribution < 1.29 is 9.21 Å².